The van der Waals surface area contributed by atoms with Gasteiger partial charge in [0.2, 0.25) is 0 Å². The first-order valence-corrected chi connectivity index (χ1v) is 5.12. The number of rotatable bonds is 6. The largest absolute Gasteiger partial charge is 0.493 e. The van der Waals surface area contributed by atoms with E-state index in [2.05, 4.69) is 0 Å². The second kappa shape index (κ2) is 6.35. The molecule has 0 aromatic heterocycles. The van der Waals surface area contributed by atoms with E-state index in [0.29, 0.717) is 17.9 Å². The van der Waals surface area contributed by atoms with Crippen LogP contribution >= 0.6 is 0 Å². The first kappa shape index (κ1) is 12.8. The maximum Gasteiger partial charge on any atom is 0.161 e. The summed E-state index contributed by atoms with van der Waals surface area (Å²) in [6.45, 7) is 0.0901. The molecule has 0 saturated carbocycles. The minimum atomic E-state index is -0.121. The van der Waals surface area contributed by atoms with Gasteiger partial charge in [-0.25, -0.2) is 0 Å². The zero-order chi connectivity index (χ0) is 12.0. The van der Waals surface area contributed by atoms with Crippen LogP contribution in [0, 0.1) is 0 Å². The van der Waals surface area contributed by atoms with E-state index in [1.807, 2.05) is 18.2 Å². The Hall–Kier alpha value is -1.26. The van der Waals surface area contributed by atoms with Crippen LogP contribution in [0.3, 0.4) is 0 Å². The van der Waals surface area contributed by atoms with Crippen molar-refractivity contribution in [2.75, 3.05) is 27.9 Å². The molecule has 0 saturated heterocycles. The Balaban J connectivity index is 2.96. The number of ether oxygens (including phenoxy) is 3. The van der Waals surface area contributed by atoms with E-state index in [9.17, 15) is 0 Å². The standard InChI is InChI=1S/C12H18O4/c1-14-10(6-7-13)9-4-5-11(15-2)12(8-9)16-3/h4-5,8,10,13H,6-7H2,1-3H3. The number of hydrogen-bond acceptors (Lipinski definition) is 4. The SMILES string of the molecule is COc1ccc(C(CCO)OC)cc1OC. The second-order valence-electron chi connectivity index (χ2n) is 3.35. The third-order valence-corrected chi connectivity index (χ3v) is 2.46. The first-order valence-electron chi connectivity index (χ1n) is 5.12. The van der Waals surface area contributed by atoms with Crippen LogP contribution in [-0.4, -0.2) is 33.0 Å². The lowest BCUT2D eigenvalue weighted by atomic mass is 10.1. The van der Waals surface area contributed by atoms with Crippen molar-refractivity contribution < 1.29 is 19.3 Å². The highest BCUT2D eigenvalue weighted by Gasteiger charge is 2.13. The van der Waals surface area contributed by atoms with Crippen molar-refractivity contribution in [1.82, 2.24) is 0 Å². The molecular weight excluding hydrogens is 208 g/mol. The molecule has 1 unspecified atom stereocenters. The summed E-state index contributed by atoms with van der Waals surface area (Å²) < 4.78 is 15.6. The Labute approximate surface area is 95.8 Å². The molecule has 1 aromatic rings. The number of hydrogen-bond donors (Lipinski definition) is 1. The number of aliphatic hydroxyl groups is 1. The Morgan fingerprint density at radius 3 is 2.31 bits per heavy atom. The molecule has 0 fully saturated rings. The molecule has 0 amide bonds. The van der Waals surface area contributed by atoms with E-state index in [1.165, 1.54) is 0 Å². The second-order valence-corrected chi connectivity index (χ2v) is 3.35. The predicted molar refractivity (Wildman–Crippen MR) is 61.0 cm³/mol. The van der Waals surface area contributed by atoms with Crippen LogP contribution in [0.4, 0.5) is 0 Å². The average molecular weight is 226 g/mol. The van der Waals surface area contributed by atoms with E-state index in [4.69, 9.17) is 19.3 Å². The summed E-state index contributed by atoms with van der Waals surface area (Å²) in [6, 6.07) is 5.60. The topological polar surface area (TPSA) is 47.9 Å². The molecule has 0 heterocycles. The summed E-state index contributed by atoms with van der Waals surface area (Å²) in [4.78, 5) is 0. The first-order chi connectivity index (χ1) is 7.76. The number of methoxy groups -OCH3 is 3. The summed E-state index contributed by atoms with van der Waals surface area (Å²) >= 11 is 0. The van der Waals surface area contributed by atoms with Gasteiger partial charge in [-0.1, -0.05) is 6.07 Å². The molecule has 1 rings (SSSR count). The Kier molecular flexibility index (Phi) is 5.08. The van der Waals surface area contributed by atoms with E-state index in [-0.39, 0.29) is 12.7 Å². The van der Waals surface area contributed by atoms with Gasteiger partial charge in [0, 0.05) is 20.1 Å². The zero-order valence-corrected chi connectivity index (χ0v) is 9.90. The van der Waals surface area contributed by atoms with Crippen molar-refractivity contribution in [3.8, 4) is 11.5 Å². The minimum absolute atomic E-state index is 0.0901. The summed E-state index contributed by atoms with van der Waals surface area (Å²) in [5, 5.41) is 8.92. The van der Waals surface area contributed by atoms with Crippen LogP contribution in [0.25, 0.3) is 0 Å². The van der Waals surface area contributed by atoms with Crippen LogP contribution in [0.15, 0.2) is 18.2 Å². The van der Waals surface area contributed by atoms with Crippen LogP contribution in [0.5, 0.6) is 11.5 Å². The van der Waals surface area contributed by atoms with Crippen molar-refractivity contribution in [2.45, 2.75) is 12.5 Å². The van der Waals surface area contributed by atoms with Gasteiger partial charge in [0.1, 0.15) is 0 Å². The fourth-order valence-corrected chi connectivity index (χ4v) is 1.59. The van der Waals surface area contributed by atoms with Gasteiger partial charge in [0.05, 0.1) is 20.3 Å². The molecule has 16 heavy (non-hydrogen) atoms. The van der Waals surface area contributed by atoms with Crippen molar-refractivity contribution in [2.24, 2.45) is 0 Å². The zero-order valence-electron chi connectivity index (χ0n) is 9.90. The third kappa shape index (κ3) is 2.87. The normalized spacial score (nSPS) is 12.2. The summed E-state index contributed by atoms with van der Waals surface area (Å²) in [6.07, 6.45) is 0.441. The fraction of sp³-hybridized carbons (Fsp3) is 0.500. The summed E-state index contributed by atoms with van der Waals surface area (Å²) in [5.74, 6) is 1.35. The lowest BCUT2D eigenvalue weighted by molar-refractivity contribution is 0.0773. The molecular formula is C12H18O4. The number of aliphatic hydroxyl groups excluding tert-OH is 1. The predicted octanol–water partition coefficient (Wildman–Crippen LogP) is 1.77. The molecule has 1 atom stereocenters. The number of benzene rings is 1. The van der Waals surface area contributed by atoms with Gasteiger partial charge in [-0.15, -0.1) is 0 Å². The van der Waals surface area contributed by atoms with Crippen LogP contribution in [0.1, 0.15) is 18.1 Å². The van der Waals surface area contributed by atoms with Gasteiger partial charge in [0.25, 0.3) is 0 Å². The fourth-order valence-electron chi connectivity index (χ4n) is 1.59. The van der Waals surface area contributed by atoms with Gasteiger partial charge in [0.15, 0.2) is 11.5 Å². The smallest absolute Gasteiger partial charge is 0.161 e. The van der Waals surface area contributed by atoms with Crippen molar-refractivity contribution >= 4 is 0 Å². The van der Waals surface area contributed by atoms with Gasteiger partial charge in [-0.2, -0.15) is 0 Å². The van der Waals surface area contributed by atoms with E-state index >= 15 is 0 Å². The van der Waals surface area contributed by atoms with Crippen LogP contribution < -0.4 is 9.47 Å². The van der Waals surface area contributed by atoms with Crippen molar-refractivity contribution in [3.05, 3.63) is 23.8 Å². The minimum Gasteiger partial charge on any atom is -0.493 e. The maximum absolute atomic E-state index is 8.92. The molecule has 4 nitrogen and oxygen atoms in total. The van der Waals surface area contributed by atoms with E-state index in [0.717, 1.165) is 5.56 Å². The lowest BCUT2D eigenvalue weighted by Crippen LogP contribution is -2.04. The van der Waals surface area contributed by atoms with Gasteiger partial charge < -0.3 is 19.3 Å². The third-order valence-electron chi connectivity index (χ3n) is 2.46. The average Bonchev–Trinajstić information content (AvgIpc) is 2.35. The summed E-state index contributed by atoms with van der Waals surface area (Å²) in [7, 11) is 4.81. The van der Waals surface area contributed by atoms with E-state index in [1.54, 1.807) is 21.3 Å². The van der Waals surface area contributed by atoms with Crippen molar-refractivity contribution in [1.29, 1.82) is 0 Å². The molecule has 0 bridgehead atoms. The molecule has 0 aliphatic carbocycles. The van der Waals surface area contributed by atoms with Gasteiger partial charge in [-0.3, -0.25) is 0 Å². The quantitative estimate of drug-likeness (QED) is 0.803. The molecule has 1 N–H and O–H groups in total. The van der Waals surface area contributed by atoms with Crippen molar-refractivity contribution in [3.63, 3.8) is 0 Å². The molecule has 0 aliphatic rings. The Morgan fingerprint density at radius 1 is 1.12 bits per heavy atom. The highest BCUT2D eigenvalue weighted by molar-refractivity contribution is 5.43. The monoisotopic (exact) mass is 226 g/mol. The Morgan fingerprint density at radius 2 is 1.81 bits per heavy atom. The van der Waals surface area contributed by atoms with Gasteiger partial charge in [-0.05, 0) is 17.7 Å². The maximum atomic E-state index is 8.92. The molecule has 0 spiro atoms. The molecule has 90 valence electrons. The summed E-state index contributed by atoms with van der Waals surface area (Å²) in [5.41, 5.74) is 0.967. The van der Waals surface area contributed by atoms with Crippen LogP contribution in [0.2, 0.25) is 0 Å². The highest BCUT2D eigenvalue weighted by atomic mass is 16.5. The van der Waals surface area contributed by atoms with E-state index < -0.39 is 0 Å². The van der Waals surface area contributed by atoms with Crippen LogP contribution in [-0.2, 0) is 4.74 Å². The Bertz CT molecular complexity index is 325. The molecule has 0 aliphatic heterocycles. The molecule has 1 aromatic carbocycles. The molecule has 4 heteroatoms. The lowest BCUT2D eigenvalue weighted by Gasteiger charge is -2.16. The molecule has 0 radical (unpaired) electrons. The van der Waals surface area contributed by atoms with Gasteiger partial charge >= 0.3 is 0 Å². The highest BCUT2D eigenvalue weighted by Crippen LogP contribution is 2.31.